The second kappa shape index (κ2) is 4.91. The van der Waals surface area contributed by atoms with Crippen molar-refractivity contribution in [3.05, 3.63) is 59.1 Å². The van der Waals surface area contributed by atoms with Crippen LogP contribution >= 0.6 is 23.4 Å². The van der Waals surface area contributed by atoms with Gasteiger partial charge in [0, 0.05) is 15.3 Å². The van der Waals surface area contributed by atoms with Gasteiger partial charge in [-0.25, -0.2) is 4.39 Å². The normalized spacial score (nSPS) is 11.1. The highest BCUT2D eigenvalue weighted by Gasteiger charge is 2.12. The molecule has 0 unspecified atom stereocenters. The molecule has 0 amide bonds. The Morgan fingerprint density at radius 2 is 1.84 bits per heavy atom. The highest BCUT2D eigenvalue weighted by Crippen LogP contribution is 2.39. The van der Waals surface area contributed by atoms with Gasteiger partial charge in [0.15, 0.2) is 0 Å². The minimum Gasteiger partial charge on any atom is -0.460 e. The number of rotatable bonds is 2. The molecule has 0 spiro atoms. The predicted molar refractivity (Wildman–Crippen MR) is 76.5 cm³/mol. The van der Waals surface area contributed by atoms with E-state index in [0.717, 1.165) is 26.5 Å². The van der Waals surface area contributed by atoms with Gasteiger partial charge in [0.05, 0.1) is 4.90 Å². The molecule has 0 aliphatic rings. The fraction of sp³-hybridized carbons (Fsp3) is 0.0667. The maximum atomic E-state index is 12.9. The molecular formula is C15H10ClFOS. The molecule has 0 radical (unpaired) electrons. The third kappa shape index (κ3) is 2.48. The Labute approximate surface area is 119 Å². The van der Waals surface area contributed by atoms with Gasteiger partial charge in [-0.1, -0.05) is 23.4 Å². The maximum absolute atomic E-state index is 12.9. The molecule has 2 aromatic carbocycles. The number of furan rings is 1. The molecule has 0 N–H and O–H groups in total. The average molecular weight is 293 g/mol. The zero-order chi connectivity index (χ0) is 13.4. The van der Waals surface area contributed by atoms with Crippen LogP contribution in [0.3, 0.4) is 0 Å². The third-order valence-corrected chi connectivity index (χ3v) is 4.26. The van der Waals surface area contributed by atoms with Crippen LogP contribution in [-0.2, 0) is 0 Å². The summed E-state index contributed by atoms with van der Waals surface area (Å²) in [7, 11) is 0. The monoisotopic (exact) mass is 292 g/mol. The van der Waals surface area contributed by atoms with E-state index < -0.39 is 0 Å². The molecule has 0 saturated heterocycles. The minimum absolute atomic E-state index is 0.235. The van der Waals surface area contributed by atoms with E-state index in [-0.39, 0.29) is 5.82 Å². The molecule has 0 aliphatic carbocycles. The van der Waals surface area contributed by atoms with Gasteiger partial charge >= 0.3 is 0 Å². The van der Waals surface area contributed by atoms with E-state index in [1.165, 1.54) is 12.1 Å². The van der Waals surface area contributed by atoms with Crippen LogP contribution in [0.15, 0.2) is 56.7 Å². The lowest BCUT2D eigenvalue weighted by molar-refractivity contribution is 0.568. The van der Waals surface area contributed by atoms with Gasteiger partial charge in [0.25, 0.3) is 0 Å². The summed E-state index contributed by atoms with van der Waals surface area (Å²) < 4.78 is 18.6. The summed E-state index contributed by atoms with van der Waals surface area (Å²) >= 11 is 7.57. The molecule has 0 aliphatic heterocycles. The van der Waals surface area contributed by atoms with E-state index in [2.05, 4.69) is 0 Å². The lowest BCUT2D eigenvalue weighted by Crippen LogP contribution is -1.77. The number of halogens is 2. The summed E-state index contributed by atoms with van der Waals surface area (Å²) in [5.41, 5.74) is 0.812. The maximum Gasteiger partial charge on any atom is 0.135 e. The van der Waals surface area contributed by atoms with Gasteiger partial charge in [-0.15, -0.1) is 0 Å². The van der Waals surface area contributed by atoms with Gasteiger partial charge in [0.2, 0.25) is 0 Å². The fourth-order valence-electron chi connectivity index (χ4n) is 1.92. The van der Waals surface area contributed by atoms with Gasteiger partial charge in [-0.3, -0.25) is 0 Å². The van der Waals surface area contributed by atoms with Gasteiger partial charge in [-0.05, 0) is 49.4 Å². The minimum atomic E-state index is -0.235. The van der Waals surface area contributed by atoms with E-state index >= 15 is 0 Å². The molecule has 19 heavy (non-hydrogen) atoms. The van der Waals surface area contributed by atoms with Crippen LogP contribution < -0.4 is 0 Å². The van der Waals surface area contributed by atoms with Crippen LogP contribution in [0, 0.1) is 12.7 Å². The Kier molecular flexibility index (Phi) is 3.25. The summed E-state index contributed by atoms with van der Waals surface area (Å²) in [5, 5.41) is 1.66. The van der Waals surface area contributed by atoms with Crippen molar-refractivity contribution in [3.63, 3.8) is 0 Å². The Balaban J connectivity index is 2.06. The lowest BCUT2D eigenvalue weighted by Gasteiger charge is -2.01. The number of hydrogen-bond donors (Lipinski definition) is 0. The second-order valence-corrected chi connectivity index (χ2v) is 5.70. The van der Waals surface area contributed by atoms with Crippen molar-refractivity contribution in [2.24, 2.45) is 0 Å². The van der Waals surface area contributed by atoms with Crippen molar-refractivity contribution >= 4 is 34.3 Å². The van der Waals surface area contributed by atoms with Crippen molar-refractivity contribution in [3.8, 4) is 0 Å². The molecule has 3 rings (SSSR count). The molecule has 3 aromatic rings. The molecule has 1 heterocycles. The standard InChI is InChI=1S/C15H10ClFOS/c1-9-15(19-12-5-3-11(17)4-6-12)13-8-10(16)2-7-14(13)18-9/h2-8H,1H3. The quantitative estimate of drug-likeness (QED) is 0.602. The summed E-state index contributed by atoms with van der Waals surface area (Å²) in [6.45, 7) is 1.92. The van der Waals surface area contributed by atoms with Crippen LogP contribution in [0.5, 0.6) is 0 Å². The number of benzene rings is 2. The lowest BCUT2D eigenvalue weighted by atomic mass is 10.2. The highest BCUT2D eigenvalue weighted by atomic mass is 35.5. The summed E-state index contributed by atoms with van der Waals surface area (Å²) in [6.07, 6.45) is 0. The van der Waals surface area contributed by atoms with Gasteiger partial charge in [0.1, 0.15) is 17.2 Å². The largest absolute Gasteiger partial charge is 0.460 e. The number of fused-ring (bicyclic) bond motifs is 1. The van der Waals surface area contributed by atoms with Crippen molar-refractivity contribution in [2.75, 3.05) is 0 Å². The Morgan fingerprint density at radius 3 is 2.58 bits per heavy atom. The molecule has 1 nitrogen and oxygen atoms in total. The van der Waals surface area contributed by atoms with Gasteiger partial charge in [-0.2, -0.15) is 0 Å². The Hall–Kier alpha value is -1.45. The zero-order valence-electron chi connectivity index (χ0n) is 10.1. The Morgan fingerprint density at radius 1 is 1.11 bits per heavy atom. The van der Waals surface area contributed by atoms with Crippen LogP contribution in [0.2, 0.25) is 5.02 Å². The fourth-order valence-corrected chi connectivity index (χ4v) is 3.05. The molecule has 1 aromatic heterocycles. The zero-order valence-corrected chi connectivity index (χ0v) is 11.7. The van der Waals surface area contributed by atoms with Crippen LogP contribution in [0.1, 0.15) is 5.76 Å². The van der Waals surface area contributed by atoms with Crippen molar-refractivity contribution in [1.82, 2.24) is 0 Å². The molecule has 0 atom stereocenters. The topological polar surface area (TPSA) is 13.1 Å². The van der Waals surface area contributed by atoms with E-state index in [4.69, 9.17) is 16.0 Å². The molecule has 96 valence electrons. The summed E-state index contributed by atoms with van der Waals surface area (Å²) in [6, 6.07) is 12.0. The van der Waals surface area contributed by atoms with E-state index in [9.17, 15) is 4.39 Å². The first-order chi connectivity index (χ1) is 9.13. The van der Waals surface area contributed by atoms with Crippen LogP contribution in [0.25, 0.3) is 11.0 Å². The second-order valence-electron chi connectivity index (χ2n) is 4.18. The first-order valence-corrected chi connectivity index (χ1v) is 6.95. The van der Waals surface area contributed by atoms with Crippen molar-refractivity contribution < 1.29 is 8.81 Å². The molecule has 0 fully saturated rings. The molecular weight excluding hydrogens is 283 g/mol. The number of hydrogen-bond acceptors (Lipinski definition) is 2. The first kappa shape index (κ1) is 12.6. The van der Waals surface area contributed by atoms with E-state index in [1.54, 1.807) is 30.0 Å². The van der Waals surface area contributed by atoms with Crippen LogP contribution in [-0.4, -0.2) is 0 Å². The smallest absolute Gasteiger partial charge is 0.135 e. The first-order valence-electron chi connectivity index (χ1n) is 5.75. The predicted octanol–water partition coefficient (Wildman–Crippen LogP) is 5.68. The summed E-state index contributed by atoms with van der Waals surface area (Å²) in [4.78, 5) is 1.98. The van der Waals surface area contributed by atoms with Crippen molar-refractivity contribution in [1.29, 1.82) is 0 Å². The highest BCUT2D eigenvalue weighted by molar-refractivity contribution is 7.99. The molecule has 4 heteroatoms. The van der Waals surface area contributed by atoms with Crippen LogP contribution in [0.4, 0.5) is 4.39 Å². The average Bonchev–Trinajstić information content (AvgIpc) is 2.69. The summed E-state index contributed by atoms with van der Waals surface area (Å²) in [5.74, 6) is 0.604. The SMILES string of the molecule is Cc1oc2ccc(Cl)cc2c1Sc1ccc(F)cc1. The molecule has 0 bridgehead atoms. The molecule has 0 saturated carbocycles. The van der Waals surface area contributed by atoms with Gasteiger partial charge < -0.3 is 4.42 Å². The van der Waals surface area contributed by atoms with E-state index in [0.29, 0.717) is 5.02 Å². The van der Waals surface area contributed by atoms with Crippen molar-refractivity contribution in [2.45, 2.75) is 16.7 Å². The third-order valence-electron chi connectivity index (χ3n) is 2.80. The van der Waals surface area contributed by atoms with E-state index in [1.807, 2.05) is 19.1 Å². The Bertz CT molecular complexity index is 734. The number of aryl methyl sites for hydroxylation is 1.